The maximum atomic E-state index is 14.2. The Labute approximate surface area is 255 Å². The number of piperazine rings is 1. The minimum absolute atomic E-state index is 0.254. The average Bonchev–Trinajstić information content (AvgIpc) is 3.02. The Bertz CT molecular complexity index is 1670. The van der Waals surface area contributed by atoms with E-state index in [-0.39, 0.29) is 5.56 Å². The van der Waals surface area contributed by atoms with Crippen LogP contribution in [0.5, 0.6) is 17.2 Å². The first-order valence-electron chi connectivity index (χ1n) is 13.9. The third-order valence-electron chi connectivity index (χ3n) is 7.56. The number of methoxy groups -OCH3 is 3. The Morgan fingerprint density at radius 1 is 0.930 bits per heavy atom. The van der Waals surface area contributed by atoms with Crippen molar-refractivity contribution in [1.82, 2.24) is 14.6 Å². The molecule has 4 aromatic rings. The molecule has 1 aliphatic heterocycles. The molecule has 1 unspecified atom stereocenters. The fourth-order valence-electron chi connectivity index (χ4n) is 5.16. The van der Waals surface area contributed by atoms with Crippen molar-refractivity contribution in [3.63, 3.8) is 0 Å². The summed E-state index contributed by atoms with van der Waals surface area (Å²) in [6, 6.07) is 16.1. The van der Waals surface area contributed by atoms with E-state index in [1.54, 1.807) is 84.5 Å². The summed E-state index contributed by atoms with van der Waals surface area (Å²) < 4.78 is 18.0. The number of urea groups is 1. The zero-order valence-electron chi connectivity index (χ0n) is 24.8. The Morgan fingerprint density at radius 2 is 1.60 bits per heavy atom. The molecule has 3 aromatic carbocycles. The quantitative estimate of drug-likeness (QED) is 0.306. The number of amides is 2. The number of benzene rings is 3. The second kappa shape index (κ2) is 12.8. The third-order valence-corrected chi connectivity index (χ3v) is 7.80. The number of ether oxygens (including phenoxy) is 3. The molecule has 0 bridgehead atoms. The molecular formula is C31H35ClN6O5. The molecule has 1 fully saturated rings. The molecule has 0 spiro atoms. The van der Waals surface area contributed by atoms with Gasteiger partial charge in [-0.1, -0.05) is 11.6 Å². The van der Waals surface area contributed by atoms with Crippen molar-refractivity contribution in [1.29, 1.82) is 0 Å². The van der Waals surface area contributed by atoms with Gasteiger partial charge in [-0.2, -0.15) is 0 Å². The number of likely N-dealkylation sites (N-methyl/N-ethyl adjacent to an activating group) is 1. The average molecular weight is 607 g/mol. The van der Waals surface area contributed by atoms with Crippen molar-refractivity contribution in [2.45, 2.75) is 13.0 Å². The number of aromatic nitrogens is 2. The zero-order valence-corrected chi connectivity index (χ0v) is 25.6. The van der Waals surface area contributed by atoms with Crippen LogP contribution in [0.25, 0.3) is 10.9 Å². The van der Waals surface area contributed by atoms with E-state index in [4.69, 9.17) is 30.8 Å². The fourth-order valence-corrected chi connectivity index (χ4v) is 5.33. The monoisotopic (exact) mass is 606 g/mol. The van der Waals surface area contributed by atoms with E-state index in [0.29, 0.717) is 63.5 Å². The van der Waals surface area contributed by atoms with Crippen LogP contribution in [0.3, 0.4) is 0 Å². The molecule has 1 aliphatic rings. The standard InChI is InChI=1S/C31H35ClN6O5/c1-20(29-34-26-12-6-21(32)18-25(26)30(39)38(29)36-16-14-35(2)15-17-36)37(27-13-11-24(42-4)19-28(27)43-5)31(40)33-22-7-9-23(41-3)10-8-22/h6-13,18-20H,14-17H2,1-5H3,(H,33,40). The number of hydrogen-bond acceptors (Lipinski definition) is 8. The van der Waals surface area contributed by atoms with E-state index >= 15 is 0 Å². The van der Waals surface area contributed by atoms with Crippen LogP contribution in [0.2, 0.25) is 5.02 Å². The van der Waals surface area contributed by atoms with Crippen LogP contribution in [-0.4, -0.2) is 75.1 Å². The van der Waals surface area contributed by atoms with Crippen LogP contribution >= 0.6 is 11.6 Å². The largest absolute Gasteiger partial charge is 0.497 e. The smallest absolute Gasteiger partial charge is 0.327 e. The van der Waals surface area contributed by atoms with Crippen molar-refractivity contribution in [3.05, 3.63) is 81.9 Å². The summed E-state index contributed by atoms with van der Waals surface area (Å²) in [4.78, 5) is 37.0. The minimum Gasteiger partial charge on any atom is -0.497 e. The zero-order chi connectivity index (χ0) is 30.7. The van der Waals surface area contributed by atoms with Gasteiger partial charge in [-0.3, -0.25) is 9.69 Å². The van der Waals surface area contributed by atoms with E-state index in [2.05, 4.69) is 10.2 Å². The number of rotatable bonds is 8. The van der Waals surface area contributed by atoms with Gasteiger partial charge in [0.2, 0.25) is 0 Å². The summed E-state index contributed by atoms with van der Waals surface area (Å²) in [5.74, 6) is 2.04. The molecule has 43 heavy (non-hydrogen) atoms. The number of fused-ring (bicyclic) bond motifs is 1. The molecular weight excluding hydrogens is 572 g/mol. The molecule has 11 nitrogen and oxygen atoms in total. The Balaban J connectivity index is 1.67. The Morgan fingerprint density at radius 3 is 2.26 bits per heavy atom. The summed E-state index contributed by atoms with van der Waals surface area (Å²) in [7, 11) is 6.71. The van der Waals surface area contributed by atoms with Crippen LogP contribution < -0.4 is 35.0 Å². The molecule has 1 aromatic heterocycles. The van der Waals surface area contributed by atoms with Crippen molar-refractivity contribution in [2.24, 2.45) is 0 Å². The lowest BCUT2D eigenvalue weighted by atomic mass is 10.1. The Kier molecular flexibility index (Phi) is 8.93. The minimum atomic E-state index is -0.729. The van der Waals surface area contributed by atoms with Gasteiger partial charge in [0.1, 0.15) is 17.2 Å². The number of hydrogen-bond donors (Lipinski definition) is 1. The van der Waals surface area contributed by atoms with Gasteiger partial charge < -0.3 is 29.4 Å². The molecule has 1 saturated heterocycles. The van der Waals surface area contributed by atoms with Crippen LogP contribution in [-0.2, 0) is 0 Å². The van der Waals surface area contributed by atoms with Gasteiger partial charge in [-0.05, 0) is 68.6 Å². The highest BCUT2D eigenvalue weighted by Crippen LogP contribution is 2.37. The first kappa shape index (κ1) is 30.0. The highest BCUT2D eigenvalue weighted by Gasteiger charge is 2.32. The fraction of sp³-hybridized carbons (Fsp3) is 0.323. The lowest BCUT2D eigenvalue weighted by molar-refractivity contribution is 0.253. The molecule has 1 atom stereocenters. The summed E-state index contributed by atoms with van der Waals surface area (Å²) >= 11 is 6.29. The van der Waals surface area contributed by atoms with Crippen molar-refractivity contribution in [3.8, 4) is 17.2 Å². The molecule has 0 saturated carbocycles. The molecule has 226 valence electrons. The molecule has 0 radical (unpaired) electrons. The van der Waals surface area contributed by atoms with Crippen LogP contribution in [0, 0.1) is 0 Å². The van der Waals surface area contributed by atoms with Crippen molar-refractivity contribution < 1.29 is 19.0 Å². The molecule has 5 rings (SSSR count). The molecule has 12 heteroatoms. The van der Waals surface area contributed by atoms with Crippen LogP contribution in [0.15, 0.2) is 65.5 Å². The summed E-state index contributed by atoms with van der Waals surface area (Å²) in [5.41, 5.74) is 1.26. The molecule has 1 N–H and O–H groups in total. The highest BCUT2D eigenvalue weighted by molar-refractivity contribution is 6.31. The van der Waals surface area contributed by atoms with E-state index < -0.39 is 12.1 Å². The third kappa shape index (κ3) is 6.18. The van der Waals surface area contributed by atoms with Crippen molar-refractivity contribution in [2.75, 3.05) is 69.8 Å². The van der Waals surface area contributed by atoms with Gasteiger partial charge in [-0.15, -0.1) is 0 Å². The maximum absolute atomic E-state index is 14.2. The number of carbonyl (C=O) groups is 1. The van der Waals surface area contributed by atoms with Crippen molar-refractivity contribution >= 4 is 39.9 Å². The van der Waals surface area contributed by atoms with E-state index in [1.807, 2.05) is 19.0 Å². The van der Waals surface area contributed by atoms with Gasteiger partial charge in [-0.25, -0.2) is 14.5 Å². The second-order valence-electron chi connectivity index (χ2n) is 10.2. The number of nitrogens with zero attached hydrogens (tertiary/aromatic N) is 5. The van der Waals surface area contributed by atoms with Gasteiger partial charge in [0.05, 0.1) is 44.0 Å². The Hall–Kier alpha value is -4.48. The second-order valence-corrected chi connectivity index (χ2v) is 10.7. The van der Waals surface area contributed by atoms with E-state index in [0.717, 1.165) is 13.1 Å². The topological polar surface area (TPSA) is 101 Å². The first-order chi connectivity index (χ1) is 20.7. The maximum Gasteiger partial charge on any atom is 0.327 e. The molecule has 2 heterocycles. The van der Waals surface area contributed by atoms with E-state index in [1.165, 1.54) is 7.11 Å². The SMILES string of the molecule is COc1ccc(NC(=O)N(c2ccc(OC)cc2OC)C(C)c2nc3ccc(Cl)cc3c(=O)n2N2CCN(C)CC2)cc1. The molecule has 2 amide bonds. The summed E-state index contributed by atoms with van der Waals surface area (Å²) in [6.07, 6.45) is 0. The summed E-state index contributed by atoms with van der Waals surface area (Å²) in [6.45, 7) is 4.58. The lowest BCUT2D eigenvalue weighted by Gasteiger charge is -2.38. The number of nitrogens with one attached hydrogen (secondary N) is 1. The van der Waals surface area contributed by atoms with E-state index in [9.17, 15) is 9.59 Å². The number of anilines is 2. The molecule has 0 aliphatic carbocycles. The lowest BCUT2D eigenvalue weighted by Crippen LogP contribution is -2.55. The van der Waals surface area contributed by atoms with Gasteiger partial charge in [0.25, 0.3) is 5.56 Å². The van der Waals surface area contributed by atoms with Crippen LogP contribution in [0.4, 0.5) is 16.2 Å². The van der Waals surface area contributed by atoms with Crippen LogP contribution in [0.1, 0.15) is 18.8 Å². The number of halogens is 1. The predicted octanol–water partition coefficient (Wildman–Crippen LogP) is 4.76. The normalized spacial score (nSPS) is 14.3. The van der Waals surface area contributed by atoms with Gasteiger partial charge in [0.15, 0.2) is 5.82 Å². The predicted molar refractivity (Wildman–Crippen MR) is 169 cm³/mol. The summed E-state index contributed by atoms with van der Waals surface area (Å²) in [5, 5.41) is 5.80. The van der Waals surface area contributed by atoms with Gasteiger partial charge >= 0.3 is 6.03 Å². The highest BCUT2D eigenvalue weighted by atomic mass is 35.5. The number of carbonyl (C=O) groups excluding carboxylic acids is 1. The first-order valence-corrected chi connectivity index (χ1v) is 14.2. The van der Waals surface area contributed by atoms with Gasteiger partial charge in [0, 0.05) is 43.0 Å².